The Bertz CT molecular complexity index is 1070. The van der Waals surface area contributed by atoms with E-state index >= 15 is 0 Å². The van der Waals surface area contributed by atoms with Gasteiger partial charge < -0.3 is 24.0 Å². The van der Waals surface area contributed by atoms with Crippen molar-refractivity contribution in [2.45, 2.75) is 0 Å². The van der Waals surface area contributed by atoms with E-state index in [4.69, 9.17) is 9.47 Å². The molecule has 0 saturated carbocycles. The monoisotopic (exact) mass is 513 g/mol. The first-order valence-corrected chi connectivity index (χ1v) is 11.0. The van der Waals surface area contributed by atoms with Crippen LogP contribution in [0.4, 0.5) is 5.69 Å². The van der Waals surface area contributed by atoms with Crippen molar-refractivity contribution < 1.29 is 23.8 Å². The third-order valence-electron chi connectivity index (χ3n) is 5.20. The lowest BCUT2D eigenvalue weighted by atomic mass is 10.1. The van der Waals surface area contributed by atoms with Gasteiger partial charge in [0.1, 0.15) is 11.6 Å². The maximum Gasteiger partial charge on any atom is 0.343 e. The van der Waals surface area contributed by atoms with Crippen molar-refractivity contribution >= 4 is 39.6 Å². The van der Waals surface area contributed by atoms with Gasteiger partial charge in [0.2, 0.25) is 0 Å². The molecular weight excluding hydrogens is 490 g/mol. The van der Waals surface area contributed by atoms with Gasteiger partial charge >= 0.3 is 5.97 Å². The molecule has 0 N–H and O–H groups in total. The van der Waals surface area contributed by atoms with E-state index in [1.54, 1.807) is 17.0 Å². The lowest BCUT2D eigenvalue weighted by Gasteiger charge is -2.36. The normalized spacial score (nSPS) is 13.8. The molecule has 1 heterocycles. The maximum absolute atomic E-state index is 13.0. The van der Waals surface area contributed by atoms with Crippen LogP contribution in [0, 0.1) is 11.3 Å². The standard InChI is InChI=1S/C24H24BrN3O5/c1-31-21-13-17(20(25)14-22(21)33-16-23(29)32-2)12-18(15-26)24(30)28-10-8-27(9-11-28)19-6-4-3-5-7-19/h3-7,12-14H,8-11,16H2,1-2H3/b18-12-. The van der Waals surface area contributed by atoms with Crippen molar-refractivity contribution in [1.29, 1.82) is 5.26 Å². The number of amides is 1. The third kappa shape index (κ3) is 6.05. The van der Waals surface area contributed by atoms with Gasteiger partial charge in [0, 0.05) is 36.3 Å². The molecule has 0 unspecified atom stereocenters. The SMILES string of the molecule is COC(=O)COc1cc(Br)c(/C=C(/C#N)C(=O)N2CCN(c3ccccc3)CC2)cc1OC. The fraction of sp³-hybridized carbons (Fsp3) is 0.292. The van der Waals surface area contributed by atoms with Crippen LogP contribution in [-0.4, -0.2) is 63.8 Å². The molecule has 1 aliphatic heterocycles. The van der Waals surface area contributed by atoms with Crippen LogP contribution in [0.25, 0.3) is 6.08 Å². The van der Waals surface area contributed by atoms with Gasteiger partial charge in [-0.15, -0.1) is 0 Å². The molecule has 1 aliphatic rings. The van der Waals surface area contributed by atoms with Gasteiger partial charge in [0.05, 0.1) is 14.2 Å². The highest BCUT2D eigenvalue weighted by atomic mass is 79.9. The number of methoxy groups -OCH3 is 2. The number of hydrogen-bond donors (Lipinski definition) is 0. The molecule has 2 aromatic rings. The van der Waals surface area contributed by atoms with E-state index in [1.165, 1.54) is 20.3 Å². The molecule has 0 aromatic heterocycles. The minimum Gasteiger partial charge on any atom is -0.493 e. The molecule has 33 heavy (non-hydrogen) atoms. The van der Waals surface area contributed by atoms with E-state index in [0.717, 1.165) is 5.69 Å². The molecule has 1 saturated heterocycles. The summed E-state index contributed by atoms with van der Waals surface area (Å²) >= 11 is 3.43. The maximum atomic E-state index is 13.0. The summed E-state index contributed by atoms with van der Waals surface area (Å²) in [6, 6.07) is 15.3. The number of anilines is 1. The average molecular weight is 514 g/mol. The smallest absolute Gasteiger partial charge is 0.343 e. The summed E-state index contributed by atoms with van der Waals surface area (Å²) < 4.78 is 15.9. The Morgan fingerprint density at radius 1 is 1.09 bits per heavy atom. The fourth-order valence-corrected chi connectivity index (χ4v) is 3.84. The van der Waals surface area contributed by atoms with E-state index < -0.39 is 5.97 Å². The number of nitriles is 1. The molecule has 0 spiro atoms. The van der Waals surface area contributed by atoms with Gasteiger partial charge in [-0.05, 0) is 35.9 Å². The summed E-state index contributed by atoms with van der Waals surface area (Å²) in [5.41, 5.74) is 1.71. The molecule has 0 bridgehead atoms. The highest BCUT2D eigenvalue weighted by molar-refractivity contribution is 9.10. The van der Waals surface area contributed by atoms with Gasteiger partial charge in [0.15, 0.2) is 18.1 Å². The topological polar surface area (TPSA) is 92.1 Å². The van der Waals surface area contributed by atoms with E-state index in [9.17, 15) is 14.9 Å². The number of carbonyl (C=O) groups is 2. The van der Waals surface area contributed by atoms with Gasteiger partial charge in [-0.25, -0.2) is 4.79 Å². The van der Waals surface area contributed by atoms with Crippen LogP contribution in [0.15, 0.2) is 52.5 Å². The number of rotatable bonds is 7. The molecule has 2 aromatic carbocycles. The predicted octanol–water partition coefficient (Wildman–Crippen LogP) is 3.27. The molecule has 0 atom stereocenters. The molecule has 0 radical (unpaired) electrons. The number of halogens is 1. The fourth-order valence-electron chi connectivity index (χ4n) is 3.40. The largest absolute Gasteiger partial charge is 0.493 e. The van der Waals surface area contributed by atoms with Crippen molar-refractivity contribution in [3.63, 3.8) is 0 Å². The zero-order chi connectivity index (χ0) is 23.8. The van der Waals surface area contributed by atoms with Crippen LogP contribution in [0.3, 0.4) is 0 Å². The lowest BCUT2D eigenvalue weighted by molar-refractivity contribution is -0.143. The van der Waals surface area contributed by atoms with Crippen LogP contribution < -0.4 is 14.4 Å². The molecular formula is C24H24BrN3O5. The highest BCUT2D eigenvalue weighted by Gasteiger charge is 2.24. The van der Waals surface area contributed by atoms with Crippen molar-refractivity contribution in [2.75, 3.05) is 51.9 Å². The molecule has 1 fully saturated rings. The Balaban J connectivity index is 1.74. The van der Waals surface area contributed by atoms with Crippen LogP contribution in [-0.2, 0) is 14.3 Å². The molecule has 0 aliphatic carbocycles. The second-order valence-electron chi connectivity index (χ2n) is 7.17. The van der Waals surface area contributed by atoms with Crippen LogP contribution in [0.2, 0.25) is 0 Å². The molecule has 172 valence electrons. The summed E-state index contributed by atoms with van der Waals surface area (Å²) in [6.45, 7) is 2.16. The van der Waals surface area contributed by atoms with Crippen molar-refractivity contribution in [2.24, 2.45) is 0 Å². The van der Waals surface area contributed by atoms with Gasteiger partial charge in [-0.1, -0.05) is 34.1 Å². The second-order valence-corrected chi connectivity index (χ2v) is 8.03. The predicted molar refractivity (Wildman–Crippen MR) is 127 cm³/mol. The quantitative estimate of drug-likeness (QED) is 0.318. The van der Waals surface area contributed by atoms with Gasteiger partial charge in [-0.2, -0.15) is 5.26 Å². The summed E-state index contributed by atoms with van der Waals surface area (Å²) in [4.78, 5) is 28.3. The first-order valence-electron chi connectivity index (χ1n) is 10.2. The Labute approximate surface area is 201 Å². The summed E-state index contributed by atoms with van der Waals surface area (Å²) in [5, 5.41) is 9.66. The van der Waals surface area contributed by atoms with Crippen LogP contribution >= 0.6 is 15.9 Å². The zero-order valence-corrected chi connectivity index (χ0v) is 20.0. The van der Waals surface area contributed by atoms with Gasteiger partial charge in [0.25, 0.3) is 5.91 Å². The van der Waals surface area contributed by atoms with E-state index in [0.29, 0.717) is 47.7 Å². The molecule has 3 rings (SSSR count). The summed E-state index contributed by atoms with van der Waals surface area (Å²) in [6.07, 6.45) is 1.52. The number of piperazine rings is 1. The van der Waals surface area contributed by atoms with Crippen molar-refractivity contribution in [3.05, 3.63) is 58.1 Å². The summed E-state index contributed by atoms with van der Waals surface area (Å²) in [7, 11) is 2.74. The van der Waals surface area contributed by atoms with Crippen LogP contribution in [0.1, 0.15) is 5.56 Å². The van der Waals surface area contributed by atoms with Crippen molar-refractivity contribution in [3.8, 4) is 17.6 Å². The lowest BCUT2D eigenvalue weighted by Crippen LogP contribution is -2.49. The summed E-state index contributed by atoms with van der Waals surface area (Å²) in [5.74, 6) is -0.160. The first kappa shape index (κ1) is 24.1. The molecule has 9 heteroatoms. The number of para-hydroxylation sites is 1. The minimum absolute atomic E-state index is 0.0224. The second kappa shape index (κ2) is 11.4. The van der Waals surface area contributed by atoms with E-state index in [2.05, 4.69) is 25.6 Å². The number of esters is 1. The van der Waals surface area contributed by atoms with E-state index in [1.807, 2.05) is 36.4 Å². The van der Waals surface area contributed by atoms with Crippen LogP contribution in [0.5, 0.6) is 11.5 Å². The highest BCUT2D eigenvalue weighted by Crippen LogP contribution is 2.35. The first-order chi connectivity index (χ1) is 16.0. The zero-order valence-electron chi connectivity index (χ0n) is 18.4. The molecule has 1 amide bonds. The minimum atomic E-state index is -0.526. The number of ether oxygens (including phenoxy) is 3. The third-order valence-corrected chi connectivity index (χ3v) is 5.88. The Morgan fingerprint density at radius 2 is 1.79 bits per heavy atom. The number of hydrogen-bond acceptors (Lipinski definition) is 7. The van der Waals surface area contributed by atoms with Gasteiger partial charge in [-0.3, -0.25) is 4.79 Å². The number of nitrogens with zero attached hydrogens (tertiary/aromatic N) is 3. The van der Waals surface area contributed by atoms with E-state index in [-0.39, 0.29) is 18.1 Å². The Morgan fingerprint density at radius 3 is 2.39 bits per heavy atom. The molecule has 8 nitrogen and oxygen atoms in total. The number of carbonyl (C=O) groups excluding carboxylic acids is 2. The van der Waals surface area contributed by atoms with Crippen molar-refractivity contribution in [1.82, 2.24) is 4.90 Å². The number of benzene rings is 2. The average Bonchev–Trinajstić information content (AvgIpc) is 2.86. The Hall–Kier alpha value is -3.51. The Kier molecular flexibility index (Phi) is 8.33.